The monoisotopic (exact) mass is 428 g/mol. The van der Waals surface area contributed by atoms with E-state index in [1.165, 1.54) is 6.07 Å². The summed E-state index contributed by atoms with van der Waals surface area (Å²) in [5.74, 6) is -0.615. The van der Waals surface area contributed by atoms with Gasteiger partial charge in [-0.15, -0.1) is 0 Å². The van der Waals surface area contributed by atoms with E-state index in [1.54, 1.807) is 38.1 Å². The molecule has 0 aliphatic carbocycles. The second kappa shape index (κ2) is 8.27. The number of halogens is 1. The van der Waals surface area contributed by atoms with Crippen molar-refractivity contribution in [1.29, 1.82) is 0 Å². The fraction of sp³-hybridized carbons (Fsp3) is 0.136. The first-order valence-corrected chi connectivity index (χ1v) is 10.8. The summed E-state index contributed by atoms with van der Waals surface area (Å²) in [7, 11) is -3.90. The van der Waals surface area contributed by atoms with E-state index in [0.717, 1.165) is 5.56 Å². The summed E-state index contributed by atoms with van der Waals surface area (Å²) in [6, 6.07) is 17.4. The van der Waals surface area contributed by atoms with E-state index in [0.29, 0.717) is 33.8 Å². The molecule has 3 aromatic carbocycles. The molecule has 0 aliphatic heterocycles. The molecular formula is C22H21ClN2O3S. The lowest BCUT2D eigenvalue weighted by Gasteiger charge is -2.17. The quantitative estimate of drug-likeness (QED) is 0.607. The highest BCUT2D eigenvalue weighted by Gasteiger charge is 2.22. The Kier molecular flexibility index (Phi) is 5.96. The van der Waals surface area contributed by atoms with Gasteiger partial charge in [-0.3, -0.25) is 9.52 Å². The van der Waals surface area contributed by atoms with Gasteiger partial charge in [-0.1, -0.05) is 48.0 Å². The van der Waals surface area contributed by atoms with Crippen LogP contribution in [-0.4, -0.2) is 14.3 Å². The van der Waals surface area contributed by atoms with E-state index in [2.05, 4.69) is 4.72 Å². The largest absolute Gasteiger partial charge is 0.366 e. The zero-order valence-corrected chi connectivity index (χ0v) is 17.6. The Labute approximate surface area is 175 Å². The van der Waals surface area contributed by atoms with Crippen molar-refractivity contribution in [3.8, 4) is 0 Å². The van der Waals surface area contributed by atoms with Gasteiger partial charge in [0.25, 0.3) is 10.0 Å². The van der Waals surface area contributed by atoms with Gasteiger partial charge >= 0.3 is 0 Å². The molecule has 0 aliphatic rings. The molecule has 29 heavy (non-hydrogen) atoms. The fourth-order valence-corrected chi connectivity index (χ4v) is 4.77. The summed E-state index contributed by atoms with van der Waals surface area (Å²) in [4.78, 5) is 12.1. The molecule has 150 valence electrons. The highest BCUT2D eigenvalue weighted by atomic mass is 35.5. The van der Waals surface area contributed by atoms with Crippen LogP contribution in [0.4, 0.5) is 5.69 Å². The molecule has 0 unspecified atom stereocenters. The van der Waals surface area contributed by atoms with Gasteiger partial charge in [0, 0.05) is 17.0 Å². The lowest BCUT2D eigenvalue weighted by atomic mass is 9.98. The van der Waals surface area contributed by atoms with E-state index in [1.807, 2.05) is 30.3 Å². The third-order valence-corrected chi connectivity index (χ3v) is 6.57. The van der Waals surface area contributed by atoms with Crippen molar-refractivity contribution in [2.45, 2.75) is 25.2 Å². The van der Waals surface area contributed by atoms with Crippen molar-refractivity contribution < 1.29 is 13.2 Å². The fourth-order valence-electron chi connectivity index (χ4n) is 3.15. The summed E-state index contributed by atoms with van der Waals surface area (Å²) in [6.45, 7) is 3.43. The smallest absolute Gasteiger partial charge is 0.262 e. The first-order valence-electron chi connectivity index (χ1n) is 8.94. The maximum absolute atomic E-state index is 13.1. The van der Waals surface area contributed by atoms with Crippen LogP contribution in [0.1, 0.15) is 32.6 Å². The Morgan fingerprint density at radius 2 is 1.69 bits per heavy atom. The lowest BCUT2D eigenvalue weighted by molar-refractivity contribution is 0.0999. The molecule has 3 N–H and O–H groups in total. The number of nitrogens with one attached hydrogen (secondary N) is 1. The Balaban J connectivity index is 2.08. The highest BCUT2D eigenvalue weighted by molar-refractivity contribution is 7.92. The molecular weight excluding hydrogens is 408 g/mol. The number of nitrogens with two attached hydrogens (primary N) is 1. The number of sulfonamides is 1. The number of hydrogen-bond donors (Lipinski definition) is 2. The predicted molar refractivity (Wildman–Crippen MR) is 116 cm³/mol. The topological polar surface area (TPSA) is 89.3 Å². The van der Waals surface area contributed by atoms with Crippen molar-refractivity contribution in [2.24, 2.45) is 5.73 Å². The van der Waals surface area contributed by atoms with Crippen LogP contribution < -0.4 is 10.5 Å². The molecule has 0 bridgehead atoms. The molecule has 0 aromatic heterocycles. The van der Waals surface area contributed by atoms with Gasteiger partial charge in [0.1, 0.15) is 0 Å². The summed E-state index contributed by atoms with van der Waals surface area (Å²) < 4.78 is 28.8. The van der Waals surface area contributed by atoms with Gasteiger partial charge in [0.05, 0.1) is 10.6 Å². The number of aryl methyl sites for hydroxylation is 2. The van der Waals surface area contributed by atoms with E-state index in [4.69, 9.17) is 17.3 Å². The number of primary amides is 1. The normalized spacial score (nSPS) is 11.3. The third-order valence-electron chi connectivity index (χ3n) is 4.66. The van der Waals surface area contributed by atoms with Crippen LogP contribution in [0.5, 0.6) is 0 Å². The number of rotatable bonds is 6. The van der Waals surface area contributed by atoms with Crippen molar-refractivity contribution in [2.75, 3.05) is 4.72 Å². The second-order valence-corrected chi connectivity index (χ2v) is 8.89. The minimum Gasteiger partial charge on any atom is -0.366 e. The van der Waals surface area contributed by atoms with Crippen LogP contribution in [0.25, 0.3) is 0 Å². The lowest BCUT2D eigenvalue weighted by Crippen LogP contribution is -2.19. The molecule has 0 saturated heterocycles. The molecule has 0 heterocycles. The molecule has 0 saturated carbocycles. The van der Waals surface area contributed by atoms with Crippen LogP contribution in [0, 0.1) is 13.8 Å². The summed E-state index contributed by atoms with van der Waals surface area (Å²) in [6.07, 6.45) is 0.358. The first-order chi connectivity index (χ1) is 13.7. The Bertz CT molecular complexity index is 1180. The van der Waals surface area contributed by atoms with E-state index in [-0.39, 0.29) is 10.5 Å². The average molecular weight is 429 g/mol. The van der Waals surface area contributed by atoms with Gasteiger partial charge in [-0.25, -0.2) is 8.42 Å². The molecule has 7 heteroatoms. The molecule has 1 amide bonds. The molecule has 0 spiro atoms. The molecule has 5 nitrogen and oxygen atoms in total. The second-order valence-electron chi connectivity index (χ2n) is 6.83. The highest BCUT2D eigenvalue weighted by Crippen LogP contribution is 2.29. The van der Waals surface area contributed by atoms with Crippen LogP contribution in [0.3, 0.4) is 0 Å². The zero-order chi connectivity index (χ0) is 21.2. The Morgan fingerprint density at radius 1 is 1.00 bits per heavy atom. The van der Waals surface area contributed by atoms with Crippen molar-refractivity contribution in [3.63, 3.8) is 0 Å². The van der Waals surface area contributed by atoms with Gasteiger partial charge in [-0.05, 0) is 60.4 Å². The first kappa shape index (κ1) is 20.9. The number of amides is 1. The van der Waals surface area contributed by atoms with Crippen LogP contribution >= 0.6 is 11.6 Å². The third kappa shape index (κ3) is 4.60. The van der Waals surface area contributed by atoms with Crippen molar-refractivity contribution in [1.82, 2.24) is 0 Å². The number of hydrogen-bond acceptors (Lipinski definition) is 3. The molecule has 0 fully saturated rings. The summed E-state index contributed by atoms with van der Waals surface area (Å²) >= 11 is 6.10. The molecule has 0 radical (unpaired) electrons. The van der Waals surface area contributed by atoms with Gasteiger partial charge in [0.2, 0.25) is 5.91 Å². The average Bonchev–Trinajstić information content (AvgIpc) is 2.66. The van der Waals surface area contributed by atoms with Gasteiger partial charge < -0.3 is 5.73 Å². The molecule has 0 atom stereocenters. The van der Waals surface area contributed by atoms with Crippen LogP contribution in [0.15, 0.2) is 65.6 Å². The summed E-state index contributed by atoms with van der Waals surface area (Å²) in [5, 5.41) is 0.502. The Hall–Kier alpha value is -2.83. The minimum atomic E-state index is -3.90. The number of carbonyl (C=O) groups excluding carboxylic acids is 1. The van der Waals surface area contributed by atoms with E-state index >= 15 is 0 Å². The standard InChI is InChI=1S/C22H21ClN2O3S/c1-14-12-21(15(2)11-19(14)23)29(27,28)25-20-10-6-9-17(22(24)26)18(20)13-16-7-4-3-5-8-16/h3-12,25H,13H2,1-2H3,(H2,24,26). The van der Waals surface area contributed by atoms with Crippen LogP contribution in [-0.2, 0) is 16.4 Å². The maximum atomic E-state index is 13.1. The van der Waals surface area contributed by atoms with Gasteiger partial charge in [0.15, 0.2) is 0 Å². The number of anilines is 1. The van der Waals surface area contributed by atoms with Crippen molar-refractivity contribution >= 4 is 33.2 Å². The van der Waals surface area contributed by atoms with Crippen molar-refractivity contribution in [3.05, 3.63) is 93.5 Å². The summed E-state index contributed by atoms with van der Waals surface area (Å²) in [5.41, 5.74) is 8.78. The number of benzene rings is 3. The predicted octanol–water partition coefficient (Wildman–Crippen LogP) is 4.45. The van der Waals surface area contributed by atoms with Gasteiger partial charge in [-0.2, -0.15) is 0 Å². The van der Waals surface area contributed by atoms with E-state index in [9.17, 15) is 13.2 Å². The van der Waals surface area contributed by atoms with E-state index < -0.39 is 15.9 Å². The minimum absolute atomic E-state index is 0.134. The molecule has 3 rings (SSSR count). The SMILES string of the molecule is Cc1cc(S(=O)(=O)Nc2cccc(C(N)=O)c2Cc2ccccc2)c(C)cc1Cl. The maximum Gasteiger partial charge on any atom is 0.262 e. The Morgan fingerprint density at radius 3 is 2.34 bits per heavy atom. The van der Waals surface area contributed by atoms with Crippen LogP contribution in [0.2, 0.25) is 5.02 Å². The zero-order valence-electron chi connectivity index (χ0n) is 16.1. The molecule has 3 aromatic rings. The number of carbonyl (C=O) groups is 1.